The Balaban J connectivity index is 2.09. The van der Waals surface area contributed by atoms with Crippen molar-refractivity contribution in [3.63, 3.8) is 0 Å². The molecule has 1 aromatic rings. The Bertz CT molecular complexity index is 527. The van der Waals surface area contributed by atoms with Crippen LogP contribution in [0.1, 0.15) is 25.1 Å². The van der Waals surface area contributed by atoms with Gasteiger partial charge in [0.25, 0.3) is 0 Å². The number of morpholine rings is 1. The maximum atomic E-state index is 12.6. The topological polar surface area (TPSA) is 58.6 Å². The smallest absolute Gasteiger partial charge is 0.244 e. The van der Waals surface area contributed by atoms with Crippen LogP contribution in [0.25, 0.3) is 0 Å². The van der Waals surface area contributed by atoms with Gasteiger partial charge in [-0.15, -0.1) is 11.3 Å². The first-order valence-corrected chi connectivity index (χ1v) is 9.25. The molecule has 0 amide bonds. The average molecular weight is 318 g/mol. The maximum Gasteiger partial charge on any atom is 0.244 e. The zero-order chi connectivity index (χ0) is 14.6. The molecule has 1 aromatic heterocycles. The molecule has 20 heavy (non-hydrogen) atoms. The maximum absolute atomic E-state index is 12.6. The van der Waals surface area contributed by atoms with E-state index in [1.807, 2.05) is 6.92 Å². The van der Waals surface area contributed by atoms with E-state index in [0.29, 0.717) is 24.7 Å². The lowest BCUT2D eigenvalue weighted by Gasteiger charge is -2.31. The number of thiophene rings is 1. The fraction of sp³-hybridized carbons (Fsp3) is 0.692. The van der Waals surface area contributed by atoms with Gasteiger partial charge in [0.15, 0.2) is 0 Å². The Kier molecular flexibility index (Phi) is 5.57. The van der Waals surface area contributed by atoms with E-state index >= 15 is 0 Å². The van der Waals surface area contributed by atoms with Crippen molar-refractivity contribution in [1.29, 1.82) is 0 Å². The Morgan fingerprint density at radius 3 is 3.05 bits per heavy atom. The zero-order valence-corrected chi connectivity index (χ0v) is 13.6. The Hall–Kier alpha value is -0.470. The summed E-state index contributed by atoms with van der Waals surface area (Å²) < 4.78 is 32.0. The normalized spacial score (nSPS) is 21.2. The van der Waals surface area contributed by atoms with Gasteiger partial charge in [-0.2, -0.15) is 4.31 Å². The highest BCUT2D eigenvalue weighted by Crippen LogP contribution is 2.25. The molecule has 7 heteroatoms. The number of sulfonamides is 1. The van der Waals surface area contributed by atoms with Crippen LogP contribution in [0, 0.1) is 0 Å². The molecular weight excluding hydrogens is 296 g/mol. The van der Waals surface area contributed by atoms with Crippen LogP contribution in [0.2, 0.25) is 0 Å². The van der Waals surface area contributed by atoms with Crippen LogP contribution in [-0.4, -0.2) is 45.1 Å². The summed E-state index contributed by atoms with van der Waals surface area (Å²) in [4.78, 5) is 1.46. The monoisotopic (exact) mass is 318 g/mol. The highest BCUT2D eigenvalue weighted by Gasteiger charge is 2.32. The molecule has 1 aliphatic heterocycles. The summed E-state index contributed by atoms with van der Waals surface area (Å²) in [6, 6.07) is 1.68. The lowest BCUT2D eigenvalue weighted by molar-refractivity contribution is 0.0393. The molecule has 1 N–H and O–H groups in total. The minimum Gasteiger partial charge on any atom is -0.378 e. The summed E-state index contributed by atoms with van der Waals surface area (Å²) in [6.07, 6.45) is 1.07. The first-order valence-electron chi connectivity index (χ1n) is 6.93. The number of nitrogens with zero attached hydrogens (tertiary/aromatic N) is 1. The van der Waals surface area contributed by atoms with Gasteiger partial charge in [0.1, 0.15) is 0 Å². The largest absolute Gasteiger partial charge is 0.378 e. The molecule has 0 aliphatic carbocycles. The van der Waals surface area contributed by atoms with Gasteiger partial charge in [-0.05, 0) is 26.0 Å². The minimum atomic E-state index is -3.39. The van der Waals surface area contributed by atoms with E-state index in [9.17, 15) is 8.42 Å². The van der Waals surface area contributed by atoms with Crippen LogP contribution in [-0.2, 0) is 21.3 Å². The Morgan fingerprint density at radius 1 is 1.55 bits per heavy atom. The predicted octanol–water partition coefficient (Wildman–Crippen LogP) is 1.66. The summed E-state index contributed by atoms with van der Waals surface area (Å²) in [5, 5.41) is 5.02. The van der Waals surface area contributed by atoms with Gasteiger partial charge in [0, 0.05) is 29.4 Å². The second-order valence-electron chi connectivity index (χ2n) is 4.97. The zero-order valence-electron chi connectivity index (χ0n) is 12.0. The molecular formula is C13H22N2O3S2. The second-order valence-corrected chi connectivity index (χ2v) is 7.85. The van der Waals surface area contributed by atoms with E-state index in [4.69, 9.17) is 4.74 Å². The molecule has 2 heterocycles. The molecule has 1 saturated heterocycles. The second kappa shape index (κ2) is 7.00. The molecule has 5 nitrogen and oxygen atoms in total. The van der Waals surface area contributed by atoms with Crippen molar-refractivity contribution in [1.82, 2.24) is 9.62 Å². The summed E-state index contributed by atoms with van der Waals surface area (Å²) in [7, 11) is -3.39. The Morgan fingerprint density at radius 2 is 2.35 bits per heavy atom. The Labute approximate surface area is 125 Å². The number of hydrogen-bond acceptors (Lipinski definition) is 5. The van der Waals surface area contributed by atoms with E-state index in [1.165, 1.54) is 11.3 Å². The highest BCUT2D eigenvalue weighted by atomic mass is 32.2. The fourth-order valence-electron chi connectivity index (χ4n) is 2.18. The van der Waals surface area contributed by atoms with Crippen molar-refractivity contribution in [3.05, 3.63) is 16.3 Å². The standard InChI is InChI=1S/C13H22N2O3S2/c1-3-4-14-8-12-7-13(10-19-12)20(16,17)15-5-6-18-9-11(15)2/h7,10-11,14H,3-6,8-9H2,1-2H3. The first-order chi connectivity index (χ1) is 9.55. The molecule has 1 atom stereocenters. The third-order valence-electron chi connectivity index (χ3n) is 3.27. The van der Waals surface area contributed by atoms with Crippen molar-refractivity contribution in [2.45, 2.75) is 37.8 Å². The third-order valence-corrected chi connectivity index (χ3v) is 6.35. The van der Waals surface area contributed by atoms with Gasteiger partial charge in [-0.1, -0.05) is 6.92 Å². The van der Waals surface area contributed by atoms with Crippen molar-refractivity contribution in [2.24, 2.45) is 0 Å². The molecule has 114 valence electrons. The van der Waals surface area contributed by atoms with Gasteiger partial charge in [0.05, 0.1) is 18.1 Å². The summed E-state index contributed by atoms with van der Waals surface area (Å²) >= 11 is 1.49. The van der Waals surface area contributed by atoms with Crippen molar-refractivity contribution >= 4 is 21.4 Å². The quantitative estimate of drug-likeness (QED) is 0.811. The van der Waals surface area contributed by atoms with E-state index in [1.54, 1.807) is 15.8 Å². The third kappa shape index (κ3) is 3.59. The van der Waals surface area contributed by atoms with Crippen LogP contribution in [0.5, 0.6) is 0 Å². The molecule has 1 aliphatic rings. The molecule has 1 fully saturated rings. The number of nitrogens with one attached hydrogen (secondary N) is 1. The molecule has 2 rings (SSSR count). The molecule has 0 bridgehead atoms. The highest BCUT2D eigenvalue weighted by molar-refractivity contribution is 7.89. The summed E-state index contributed by atoms with van der Waals surface area (Å²) in [5.41, 5.74) is 0. The van der Waals surface area contributed by atoms with Crippen molar-refractivity contribution in [2.75, 3.05) is 26.3 Å². The lowest BCUT2D eigenvalue weighted by atomic mass is 10.3. The van der Waals surface area contributed by atoms with Gasteiger partial charge in [0.2, 0.25) is 10.0 Å². The summed E-state index contributed by atoms with van der Waals surface area (Å²) in [6.45, 7) is 7.03. The van der Waals surface area contributed by atoms with E-state index < -0.39 is 10.0 Å². The molecule has 0 aromatic carbocycles. The molecule has 0 saturated carbocycles. The minimum absolute atomic E-state index is 0.102. The van der Waals surface area contributed by atoms with E-state index in [2.05, 4.69) is 12.2 Å². The average Bonchev–Trinajstić information content (AvgIpc) is 2.89. The van der Waals surface area contributed by atoms with Crippen molar-refractivity contribution in [3.8, 4) is 0 Å². The lowest BCUT2D eigenvalue weighted by Crippen LogP contribution is -2.46. The van der Waals surface area contributed by atoms with Crippen LogP contribution in [0.15, 0.2) is 16.3 Å². The van der Waals surface area contributed by atoms with Crippen LogP contribution in [0.3, 0.4) is 0 Å². The van der Waals surface area contributed by atoms with Crippen molar-refractivity contribution < 1.29 is 13.2 Å². The fourth-order valence-corrected chi connectivity index (χ4v) is 5.01. The SMILES string of the molecule is CCCNCc1cc(S(=O)(=O)N2CCOCC2C)cs1. The van der Waals surface area contributed by atoms with Gasteiger partial charge in [-0.3, -0.25) is 0 Å². The predicted molar refractivity (Wildman–Crippen MR) is 80.5 cm³/mol. The van der Waals surface area contributed by atoms with E-state index in [-0.39, 0.29) is 6.04 Å². The number of rotatable bonds is 6. The van der Waals surface area contributed by atoms with Crippen LogP contribution in [0.4, 0.5) is 0 Å². The number of hydrogen-bond donors (Lipinski definition) is 1. The molecule has 0 radical (unpaired) electrons. The van der Waals surface area contributed by atoms with Gasteiger partial charge < -0.3 is 10.1 Å². The molecule has 1 unspecified atom stereocenters. The number of ether oxygens (including phenoxy) is 1. The van der Waals surface area contributed by atoms with Crippen LogP contribution < -0.4 is 5.32 Å². The first kappa shape index (κ1) is 15.9. The summed E-state index contributed by atoms with van der Waals surface area (Å²) in [5.74, 6) is 0. The van der Waals surface area contributed by atoms with E-state index in [0.717, 1.165) is 24.4 Å². The molecule has 0 spiro atoms. The van der Waals surface area contributed by atoms with Crippen LogP contribution >= 0.6 is 11.3 Å². The van der Waals surface area contributed by atoms with Gasteiger partial charge >= 0.3 is 0 Å². The van der Waals surface area contributed by atoms with Gasteiger partial charge in [-0.25, -0.2) is 8.42 Å².